The largest absolute Gasteiger partial charge is 0.496 e. The topological polar surface area (TPSA) is 81.4 Å². The Morgan fingerprint density at radius 3 is 2.57 bits per heavy atom. The molecule has 1 aliphatic rings. The predicted molar refractivity (Wildman–Crippen MR) is 109 cm³/mol. The molecule has 0 saturated carbocycles. The van der Waals surface area contributed by atoms with Crippen molar-refractivity contribution in [3.8, 4) is 5.75 Å². The molecule has 2 aromatic carbocycles. The molecular formula is C21H24N4O3. The number of ether oxygens (including phenoxy) is 1. The van der Waals surface area contributed by atoms with Crippen LogP contribution in [-0.4, -0.2) is 54.1 Å². The van der Waals surface area contributed by atoms with Crippen LogP contribution >= 0.6 is 0 Å². The Morgan fingerprint density at radius 1 is 1.04 bits per heavy atom. The van der Waals surface area contributed by atoms with E-state index in [9.17, 15) is 9.59 Å². The van der Waals surface area contributed by atoms with Crippen LogP contribution in [0.15, 0.2) is 47.3 Å². The maximum absolute atomic E-state index is 12.6. The Bertz CT molecular complexity index is 1030. The molecule has 2 heterocycles. The van der Waals surface area contributed by atoms with Crippen molar-refractivity contribution in [2.75, 3.05) is 38.2 Å². The minimum atomic E-state index is -0.197. The van der Waals surface area contributed by atoms with E-state index in [2.05, 4.69) is 14.9 Å². The van der Waals surface area contributed by atoms with Crippen LogP contribution in [0.5, 0.6) is 5.75 Å². The molecule has 1 amide bonds. The highest BCUT2D eigenvalue weighted by Crippen LogP contribution is 2.22. The molecule has 0 spiro atoms. The van der Waals surface area contributed by atoms with Gasteiger partial charge in [0.25, 0.3) is 0 Å². The van der Waals surface area contributed by atoms with Crippen LogP contribution in [0, 0.1) is 0 Å². The van der Waals surface area contributed by atoms with E-state index in [0.717, 1.165) is 41.1 Å². The van der Waals surface area contributed by atoms with Gasteiger partial charge >= 0.3 is 5.69 Å². The lowest BCUT2D eigenvalue weighted by Crippen LogP contribution is -2.48. The van der Waals surface area contributed by atoms with Gasteiger partial charge in [0.2, 0.25) is 5.91 Å². The summed E-state index contributed by atoms with van der Waals surface area (Å²) in [6.07, 6.45) is 1.16. The van der Waals surface area contributed by atoms with Crippen molar-refractivity contribution in [3.05, 3.63) is 58.5 Å². The van der Waals surface area contributed by atoms with Crippen LogP contribution in [0.4, 0.5) is 5.69 Å². The summed E-state index contributed by atoms with van der Waals surface area (Å²) in [6, 6.07) is 13.7. The number of fused-ring (bicyclic) bond motifs is 1. The smallest absolute Gasteiger partial charge is 0.323 e. The van der Waals surface area contributed by atoms with Crippen molar-refractivity contribution < 1.29 is 9.53 Å². The Morgan fingerprint density at radius 2 is 1.79 bits per heavy atom. The summed E-state index contributed by atoms with van der Waals surface area (Å²) in [4.78, 5) is 33.8. The maximum Gasteiger partial charge on any atom is 0.323 e. The van der Waals surface area contributed by atoms with Crippen LogP contribution in [0.3, 0.4) is 0 Å². The lowest BCUT2D eigenvalue weighted by Gasteiger charge is -2.36. The Balaban J connectivity index is 1.34. The first-order valence-corrected chi connectivity index (χ1v) is 9.51. The molecule has 1 saturated heterocycles. The minimum absolute atomic E-state index is 0.177. The van der Waals surface area contributed by atoms with Crippen molar-refractivity contribution in [2.24, 2.45) is 0 Å². The minimum Gasteiger partial charge on any atom is -0.496 e. The second-order valence-corrected chi connectivity index (χ2v) is 6.99. The molecular weight excluding hydrogens is 356 g/mol. The van der Waals surface area contributed by atoms with Gasteiger partial charge in [-0.15, -0.1) is 0 Å². The van der Waals surface area contributed by atoms with Gasteiger partial charge in [-0.1, -0.05) is 18.2 Å². The standard InChI is InChI=1S/C21H24N4O3/c1-28-19-5-3-2-4-15(19)6-9-20(26)25-12-10-24(11-13-25)16-7-8-17-18(14-16)23-21(27)22-17/h2-5,7-8,14H,6,9-13H2,1H3,(H2,22,23,27). The average molecular weight is 380 g/mol. The zero-order chi connectivity index (χ0) is 19.5. The third-order valence-corrected chi connectivity index (χ3v) is 5.30. The van der Waals surface area contributed by atoms with Crippen molar-refractivity contribution in [1.82, 2.24) is 14.9 Å². The normalized spacial score (nSPS) is 14.5. The first-order chi connectivity index (χ1) is 13.6. The lowest BCUT2D eigenvalue weighted by molar-refractivity contribution is -0.131. The van der Waals surface area contributed by atoms with Gasteiger partial charge in [-0.2, -0.15) is 0 Å². The number of hydrogen-bond acceptors (Lipinski definition) is 4. The number of amides is 1. The molecule has 1 fully saturated rings. The molecule has 7 heteroatoms. The third kappa shape index (κ3) is 3.74. The number of nitrogens with zero attached hydrogens (tertiary/aromatic N) is 2. The predicted octanol–water partition coefficient (Wildman–Crippen LogP) is 2.15. The molecule has 0 aliphatic carbocycles. The molecule has 0 atom stereocenters. The lowest BCUT2D eigenvalue weighted by atomic mass is 10.1. The summed E-state index contributed by atoms with van der Waals surface area (Å²) in [7, 11) is 1.65. The van der Waals surface area contributed by atoms with Crippen molar-refractivity contribution in [1.29, 1.82) is 0 Å². The monoisotopic (exact) mass is 380 g/mol. The van der Waals surface area contributed by atoms with Gasteiger partial charge in [-0.05, 0) is 36.2 Å². The van der Waals surface area contributed by atoms with Gasteiger partial charge in [0.05, 0.1) is 18.1 Å². The molecule has 2 N–H and O–H groups in total. The fourth-order valence-electron chi connectivity index (χ4n) is 3.74. The van der Waals surface area contributed by atoms with Crippen LogP contribution in [0.2, 0.25) is 0 Å². The SMILES string of the molecule is COc1ccccc1CCC(=O)N1CCN(c2ccc3[nH]c(=O)[nH]c3c2)CC1. The number of hydrogen-bond donors (Lipinski definition) is 2. The number of carbonyl (C=O) groups is 1. The zero-order valence-electron chi connectivity index (χ0n) is 15.9. The highest BCUT2D eigenvalue weighted by Gasteiger charge is 2.21. The van der Waals surface area contributed by atoms with E-state index in [1.165, 1.54) is 0 Å². The number of imidazole rings is 1. The molecule has 0 radical (unpaired) electrons. The number of para-hydroxylation sites is 1. The van der Waals surface area contributed by atoms with E-state index < -0.39 is 0 Å². The number of aromatic nitrogens is 2. The second-order valence-electron chi connectivity index (χ2n) is 6.99. The van der Waals surface area contributed by atoms with E-state index in [4.69, 9.17) is 4.74 Å². The van der Waals surface area contributed by atoms with Gasteiger partial charge in [0.15, 0.2) is 0 Å². The molecule has 7 nitrogen and oxygen atoms in total. The van der Waals surface area contributed by atoms with Gasteiger partial charge in [-0.25, -0.2) is 4.79 Å². The second kappa shape index (κ2) is 7.80. The van der Waals surface area contributed by atoms with E-state index in [0.29, 0.717) is 25.9 Å². The highest BCUT2D eigenvalue weighted by molar-refractivity contribution is 5.79. The number of benzene rings is 2. The molecule has 0 bridgehead atoms. The van der Waals surface area contributed by atoms with Crippen molar-refractivity contribution >= 4 is 22.6 Å². The number of rotatable bonds is 5. The van der Waals surface area contributed by atoms with Crippen LogP contribution in [-0.2, 0) is 11.2 Å². The van der Waals surface area contributed by atoms with Gasteiger partial charge in [-0.3, -0.25) is 4.79 Å². The number of H-pyrrole nitrogens is 2. The molecule has 28 heavy (non-hydrogen) atoms. The Kier molecular flexibility index (Phi) is 5.06. The van der Waals surface area contributed by atoms with Gasteiger partial charge in [0, 0.05) is 38.3 Å². The zero-order valence-corrected chi connectivity index (χ0v) is 15.9. The van der Waals surface area contributed by atoms with Crippen LogP contribution < -0.4 is 15.3 Å². The number of aryl methyl sites for hydroxylation is 1. The number of anilines is 1. The van der Waals surface area contributed by atoms with Crippen molar-refractivity contribution in [3.63, 3.8) is 0 Å². The molecule has 0 unspecified atom stereocenters. The summed E-state index contributed by atoms with van der Waals surface area (Å²) < 4.78 is 5.36. The fourth-order valence-corrected chi connectivity index (χ4v) is 3.74. The van der Waals surface area contributed by atoms with Crippen molar-refractivity contribution in [2.45, 2.75) is 12.8 Å². The summed E-state index contributed by atoms with van der Waals surface area (Å²) in [5, 5.41) is 0. The number of carbonyl (C=O) groups excluding carboxylic acids is 1. The van der Waals surface area contributed by atoms with Crippen LogP contribution in [0.1, 0.15) is 12.0 Å². The fraction of sp³-hybridized carbons (Fsp3) is 0.333. The third-order valence-electron chi connectivity index (χ3n) is 5.30. The number of nitrogens with one attached hydrogen (secondary N) is 2. The van der Waals surface area contributed by atoms with E-state index in [-0.39, 0.29) is 11.6 Å². The molecule has 4 rings (SSSR count). The molecule has 1 aromatic heterocycles. The van der Waals surface area contributed by atoms with E-state index in [1.54, 1.807) is 7.11 Å². The van der Waals surface area contributed by atoms with E-state index >= 15 is 0 Å². The summed E-state index contributed by atoms with van der Waals surface area (Å²) in [5.41, 5.74) is 3.53. The number of methoxy groups -OCH3 is 1. The van der Waals surface area contributed by atoms with Crippen LogP contribution in [0.25, 0.3) is 11.0 Å². The average Bonchev–Trinajstić information content (AvgIpc) is 3.11. The Labute approximate surface area is 162 Å². The summed E-state index contributed by atoms with van der Waals surface area (Å²) >= 11 is 0. The number of piperazine rings is 1. The maximum atomic E-state index is 12.6. The summed E-state index contributed by atoms with van der Waals surface area (Å²) in [5.74, 6) is 1.01. The van der Waals surface area contributed by atoms with Gasteiger partial charge in [0.1, 0.15) is 5.75 Å². The molecule has 146 valence electrons. The van der Waals surface area contributed by atoms with Gasteiger partial charge < -0.3 is 24.5 Å². The Hall–Kier alpha value is -3.22. The summed E-state index contributed by atoms with van der Waals surface area (Å²) in [6.45, 7) is 2.96. The first kappa shape index (κ1) is 18.2. The molecule has 1 aliphatic heterocycles. The quantitative estimate of drug-likeness (QED) is 0.711. The number of aromatic amines is 2. The highest BCUT2D eigenvalue weighted by atomic mass is 16.5. The van der Waals surface area contributed by atoms with E-state index in [1.807, 2.05) is 47.4 Å². The first-order valence-electron chi connectivity index (χ1n) is 9.51. The molecule has 3 aromatic rings.